The van der Waals surface area contributed by atoms with Gasteiger partial charge in [0.25, 0.3) is 5.91 Å². The van der Waals surface area contributed by atoms with Gasteiger partial charge in [0.05, 0.1) is 12.7 Å². The molecule has 1 aromatic rings. The summed E-state index contributed by atoms with van der Waals surface area (Å²) in [6.07, 6.45) is 1.92. The Morgan fingerprint density at radius 1 is 1.40 bits per heavy atom. The third-order valence-corrected chi connectivity index (χ3v) is 3.44. The van der Waals surface area contributed by atoms with Gasteiger partial charge >= 0.3 is 5.97 Å². The Kier molecular flexibility index (Phi) is 4.22. The molecule has 2 rings (SSSR count). The number of rotatable bonds is 3. The van der Waals surface area contributed by atoms with Gasteiger partial charge in [-0.2, -0.15) is 0 Å². The molecule has 1 N–H and O–H groups in total. The van der Waals surface area contributed by atoms with Crippen LogP contribution >= 0.6 is 0 Å². The fraction of sp³-hybridized carbons (Fsp3) is 0.429. The molecule has 1 heterocycles. The lowest BCUT2D eigenvalue weighted by molar-refractivity contribution is -0.143. The number of likely N-dealkylation sites (tertiary alicyclic amines) is 1. The van der Waals surface area contributed by atoms with Crippen molar-refractivity contribution < 1.29 is 23.8 Å². The fourth-order valence-corrected chi connectivity index (χ4v) is 2.43. The average molecular weight is 281 g/mol. The van der Waals surface area contributed by atoms with Crippen LogP contribution in [-0.2, 0) is 4.79 Å². The molecule has 1 atom stereocenters. The molecule has 1 aliphatic rings. The monoisotopic (exact) mass is 281 g/mol. The second kappa shape index (κ2) is 5.90. The van der Waals surface area contributed by atoms with Gasteiger partial charge in [0.1, 0.15) is 17.6 Å². The Morgan fingerprint density at radius 3 is 2.80 bits per heavy atom. The van der Waals surface area contributed by atoms with E-state index in [1.807, 2.05) is 0 Å². The Labute approximate surface area is 116 Å². The third kappa shape index (κ3) is 2.74. The largest absolute Gasteiger partial charge is 0.496 e. The topological polar surface area (TPSA) is 66.8 Å². The number of hydrogen-bond donors (Lipinski definition) is 1. The minimum atomic E-state index is -1.03. The zero-order valence-corrected chi connectivity index (χ0v) is 11.1. The highest BCUT2D eigenvalue weighted by Crippen LogP contribution is 2.25. The van der Waals surface area contributed by atoms with Crippen molar-refractivity contribution in [1.29, 1.82) is 0 Å². The van der Waals surface area contributed by atoms with Crippen LogP contribution in [0.4, 0.5) is 4.39 Å². The van der Waals surface area contributed by atoms with Gasteiger partial charge in [0.2, 0.25) is 0 Å². The smallest absolute Gasteiger partial charge is 0.326 e. The molecule has 0 radical (unpaired) electrons. The number of carbonyl (C=O) groups excluding carboxylic acids is 1. The van der Waals surface area contributed by atoms with E-state index < -0.39 is 23.7 Å². The first kappa shape index (κ1) is 14.3. The number of halogens is 1. The normalized spacial score (nSPS) is 18.7. The van der Waals surface area contributed by atoms with Gasteiger partial charge in [-0.25, -0.2) is 9.18 Å². The summed E-state index contributed by atoms with van der Waals surface area (Å²) in [5, 5.41) is 9.19. The quantitative estimate of drug-likeness (QED) is 0.919. The van der Waals surface area contributed by atoms with Crippen LogP contribution in [0.5, 0.6) is 5.75 Å². The molecule has 0 aromatic heterocycles. The number of carboxylic acids is 1. The molecular formula is C14H16FNO4. The van der Waals surface area contributed by atoms with Crippen molar-refractivity contribution in [2.45, 2.75) is 25.3 Å². The summed E-state index contributed by atoms with van der Waals surface area (Å²) in [6.45, 7) is 0.357. The number of hydrogen-bond acceptors (Lipinski definition) is 3. The number of nitrogens with zero attached hydrogens (tertiary/aromatic N) is 1. The van der Waals surface area contributed by atoms with Crippen LogP contribution in [-0.4, -0.2) is 41.6 Å². The van der Waals surface area contributed by atoms with E-state index >= 15 is 0 Å². The number of ether oxygens (including phenoxy) is 1. The average Bonchev–Trinajstić information content (AvgIpc) is 2.46. The molecule has 1 aromatic carbocycles. The molecule has 0 aliphatic carbocycles. The van der Waals surface area contributed by atoms with Crippen molar-refractivity contribution in [3.05, 3.63) is 29.6 Å². The zero-order valence-electron chi connectivity index (χ0n) is 11.1. The van der Waals surface area contributed by atoms with E-state index in [1.54, 1.807) is 0 Å². The summed E-state index contributed by atoms with van der Waals surface area (Å²) in [5.74, 6) is -1.86. The molecule has 0 bridgehead atoms. The molecule has 0 spiro atoms. The first-order valence-corrected chi connectivity index (χ1v) is 6.42. The van der Waals surface area contributed by atoms with E-state index in [9.17, 15) is 19.1 Å². The summed E-state index contributed by atoms with van der Waals surface area (Å²) < 4.78 is 18.4. The van der Waals surface area contributed by atoms with Crippen LogP contribution < -0.4 is 4.74 Å². The van der Waals surface area contributed by atoms with E-state index in [1.165, 1.54) is 24.1 Å². The lowest BCUT2D eigenvalue weighted by atomic mass is 10.0. The summed E-state index contributed by atoms with van der Waals surface area (Å²) in [4.78, 5) is 25.0. The predicted molar refractivity (Wildman–Crippen MR) is 69.3 cm³/mol. The Morgan fingerprint density at radius 2 is 2.15 bits per heavy atom. The summed E-state index contributed by atoms with van der Waals surface area (Å²) in [5.41, 5.74) is 0.0562. The highest BCUT2D eigenvalue weighted by Gasteiger charge is 2.33. The summed E-state index contributed by atoms with van der Waals surface area (Å²) in [7, 11) is 1.38. The highest BCUT2D eigenvalue weighted by molar-refractivity contribution is 5.99. The second-order valence-electron chi connectivity index (χ2n) is 4.69. The van der Waals surface area contributed by atoms with E-state index in [2.05, 4.69) is 0 Å². The molecule has 5 nitrogen and oxygen atoms in total. The molecule has 6 heteroatoms. The third-order valence-electron chi connectivity index (χ3n) is 3.44. The van der Waals surface area contributed by atoms with Gasteiger partial charge in [-0.15, -0.1) is 0 Å². The van der Waals surface area contributed by atoms with E-state index in [0.717, 1.165) is 18.9 Å². The lowest BCUT2D eigenvalue weighted by Gasteiger charge is -2.33. The molecule has 0 saturated carbocycles. The van der Waals surface area contributed by atoms with Crippen LogP contribution in [0.25, 0.3) is 0 Å². The van der Waals surface area contributed by atoms with Crippen LogP contribution in [0, 0.1) is 5.82 Å². The van der Waals surface area contributed by atoms with Crippen molar-refractivity contribution in [2.24, 2.45) is 0 Å². The summed E-state index contributed by atoms with van der Waals surface area (Å²) in [6, 6.07) is 2.78. The highest BCUT2D eigenvalue weighted by atomic mass is 19.1. The molecule has 1 saturated heterocycles. The lowest BCUT2D eigenvalue weighted by Crippen LogP contribution is -2.48. The first-order chi connectivity index (χ1) is 9.54. The van der Waals surface area contributed by atoms with Crippen molar-refractivity contribution in [1.82, 2.24) is 4.90 Å². The van der Waals surface area contributed by atoms with Gasteiger partial charge < -0.3 is 14.7 Å². The standard InChI is InChI=1S/C14H16FNO4/c1-20-12-6-5-9(15)8-10(12)13(17)16-7-3-2-4-11(16)14(18)19/h5-6,8,11H,2-4,7H2,1H3,(H,18,19)/t11-/m1/s1. The van der Waals surface area contributed by atoms with E-state index in [0.29, 0.717) is 13.0 Å². The van der Waals surface area contributed by atoms with Crippen LogP contribution in [0.3, 0.4) is 0 Å². The SMILES string of the molecule is COc1ccc(F)cc1C(=O)N1CCCC[C@@H]1C(=O)O. The van der Waals surface area contributed by atoms with Gasteiger partial charge in [-0.1, -0.05) is 0 Å². The maximum Gasteiger partial charge on any atom is 0.326 e. The number of amides is 1. The second-order valence-corrected chi connectivity index (χ2v) is 4.69. The maximum absolute atomic E-state index is 13.3. The fourth-order valence-electron chi connectivity index (χ4n) is 2.43. The molecule has 1 aliphatic heterocycles. The number of benzene rings is 1. The Bertz CT molecular complexity index is 532. The number of aliphatic carboxylic acids is 1. The van der Waals surface area contributed by atoms with Gasteiger partial charge in [0, 0.05) is 6.54 Å². The molecule has 20 heavy (non-hydrogen) atoms. The van der Waals surface area contributed by atoms with Gasteiger partial charge in [0.15, 0.2) is 0 Å². The number of methoxy groups -OCH3 is 1. The van der Waals surface area contributed by atoms with Crippen LogP contribution in [0.1, 0.15) is 29.6 Å². The van der Waals surface area contributed by atoms with Gasteiger partial charge in [-0.05, 0) is 37.5 Å². The minimum Gasteiger partial charge on any atom is -0.496 e. The van der Waals surface area contributed by atoms with Crippen molar-refractivity contribution >= 4 is 11.9 Å². The molecule has 1 amide bonds. The van der Waals surface area contributed by atoms with Crippen molar-refractivity contribution in [2.75, 3.05) is 13.7 Å². The maximum atomic E-state index is 13.3. The number of carbonyl (C=O) groups is 2. The first-order valence-electron chi connectivity index (χ1n) is 6.42. The molecule has 108 valence electrons. The van der Waals surface area contributed by atoms with Crippen LogP contribution in [0.2, 0.25) is 0 Å². The van der Waals surface area contributed by atoms with E-state index in [-0.39, 0.29) is 11.3 Å². The molecule has 1 fully saturated rings. The Hall–Kier alpha value is -2.11. The minimum absolute atomic E-state index is 0.0562. The van der Waals surface area contributed by atoms with Crippen molar-refractivity contribution in [3.63, 3.8) is 0 Å². The van der Waals surface area contributed by atoms with Crippen molar-refractivity contribution in [3.8, 4) is 5.75 Å². The van der Waals surface area contributed by atoms with Crippen LogP contribution in [0.15, 0.2) is 18.2 Å². The number of carboxylic acid groups (broad SMARTS) is 1. The molecular weight excluding hydrogens is 265 g/mol. The van der Waals surface area contributed by atoms with E-state index in [4.69, 9.17) is 4.74 Å². The van der Waals surface area contributed by atoms with Gasteiger partial charge in [-0.3, -0.25) is 4.79 Å². The zero-order chi connectivity index (χ0) is 14.7. The molecule has 0 unspecified atom stereocenters. The Balaban J connectivity index is 2.34. The predicted octanol–water partition coefficient (Wildman–Crippen LogP) is 1.91. The number of piperidine rings is 1. The summed E-state index contributed by atoms with van der Waals surface area (Å²) >= 11 is 0.